The van der Waals surface area contributed by atoms with E-state index in [1.807, 2.05) is 0 Å². The van der Waals surface area contributed by atoms with Gasteiger partial charge in [0, 0.05) is 23.5 Å². The van der Waals surface area contributed by atoms with Gasteiger partial charge in [0.2, 0.25) is 0 Å². The summed E-state index contributed by atoms with van der Waals surface area (Å²) in [6.45, 7) is 4.05. The Bertz CT molecular complexity index is 794. The Balaban J connectivity index is 2.83. The molecular weight excluding hydrogens is 314 g/mol. The number of nitrogens with two attached hydrogens (primary N) is 1. The number of carbonyl (C=O) groups is 1. The molecule has 114 valence electrons. The molecule has 0 fully saturated rings. The van der Waals surface area contributed by atoms with Crippen LogP contribution in [0.2, 0.25) is 5.02 Å². The Morgan fingerprint density at radius 2 is 1.90 bits per heavy atom. The van der Waals surface area contributed by atoms with E-state index in [9.17, 15) is 13.2 Å². The highest BCUT2D eigenvalue weighted by Gasteiger charge is 2.27. The zero-order chi connectivity index (χ0) is 15.8. The van der Waals surface area contributed by atoms with Crippen LogP contribution in [-0.4, -0.2) is 35.7 Å². The molecule has 1 heterocycles. The first-order chi connectivity index (χ1) is 9.82. The molecule has 1 amide bonds. The van der Waals surface area contributed by atoms with E-state index >= 15 is 0 Å². The number of rotatable bonds is 5. The highest BCUT2D eigenvalue weighted by atomic mass is 35.5. The first-order valence-corrected chi connectivity index (χ1v) is 8.21. The van der Waals surface area contributed by atoms with Gasteiger partial charge in [-0.25, -0.2) is 3.97 Å². The molecule has 1 aromatic carbocycles. The van der Waals surface area contributed by atoms with Crippen molar-refractivity contribution in [3.8, 4) is 0 Å². The number of hydrogen-bond donors (Lipinski definition) is 1. The summed E-state index contributed by atoms with van der Waals surface area (Å²) in [6, 6.07) is 6.16. The summed E-state index contributed by atoms with van der Waals surface area (Å²) >= 11 is 5.91. The average molecular weight is 330 g/mol. The van der Waals surface area contributed by atoms with Crippen LogP contribution in [0, 0.1) is 0 Å². The molecule has 0 atom stereocenters. The second-order valence-corrected chi connectivity index (χ2v) is 6.67. The molecule has 0 aliphatic rings. The Morgan fingerprint density at radius 3 is 2.43 bits per heavy atom. The fraction of sp³-hybridized carbons (Fsp3) is 0.308. The zero-order valence-electron chi connectivity index (χ0n) is 11.7. The summed E-state index contributed by atoms with van der Waals surface area (Å²) < 4.78 is 27.7. The molecule has 6 nitrogen and oxygen atoms in total. The Morgan fingerprint density at radius 1 is 1.29 bits per heavy atom. The molecule has 0 unspecified atom stereocenters. The van der Waals surface area contributed by atoms with Crippen molar-refractivity contribution in [2.75, 3.05) is 13.1 Å². The highest BCUT2D eigenvalue weighted by molar-refractivity contribution is 7.87. The van der Waals surface area contributed by atoms with E-state index in [1.165, 1.54) is 10.4 Å². The lowest BCUT2D eigenvalue weighted by molar-refractivity contribution is 0.0994. The first-order valence-electron chi connectivity index (χ1n) is 6.44. The lowest BCUT2D eigenvalue weighted by atomic mass is 10.2. The highest BCUT2D eigenvalue weighted by Crippen LogP contribution is 2.26. The number of nitrogens with zero attached hydrogens (tertiary/aromatic N) is 2. The fourth-order valence-corrected chi connectivity index (χ4v) is 4.12. The van der Waals surface area contributed by atoms with Gasteiger partial charge >= 0.3 is 10.2 Å². The molecule has 1 aromatic heterocycles. The third kappa shape index (κ3) is 2.64. The van der Waals surface area contributed by atoms with Crippen LogP contribution in [0.25, 0.3) is 10.9 Å². The molecule has 0 spiro atoms. The smallest absolute Gasteiger partial charge is 0.308 e. The van der Waals surface area contributed by atoms with E-state index in [1.54, 1.807) is 32.0 Å². The molecular formula is C13H16ClN3O3S. The van der Waals surface area contributed by atoms with Gasteiger partial charge in [0.05, 0.1) is 5.52 Å². The van der Waals surface area contributed by atoms with Crippen LogP contribution in [0.1, 0.15) is 24.3 Å². The first kappa shape index (κ1) is 15.8. The van der Waals surface area contributed by atoms with E-state index < -0.39 is 16.1 Å². The number of carbonyl (C=O) groups excluding carboxylic acids is 1. The quantitative estimate of drug-likeness (QED) is 0.908. The van der Waals surface area contributed by atoms with Gasteiger partial charge in [-0.3, -0.25) is 4.79 Å². The van der Waals surface area contributed by atoms with Crippen molar-refractivity contribution in [2.45, 2.75) is 13.8 Å². The fourth-order valence-electron chi connectivity index (χ4n) is 2.25. The second kappa shape index (κ2) is 5.67. The van der Waals surface area contributed by atoms with E-state index in [-0.39, 0.29) is 5.69 Å². The van der Waals surface area contributed by atoms with Crippen LogP contribution in [-0.2, 0) is 10.2 Å². The molecule has 21 heavy (non-hydrogen) atoms. The van der Waals surface area contributed by atoms with Crippen molar-refractivity contribution in [1.29, 1.82) is 0 Å². The molecule has 0 saturated heterocycles. The summed E-state index contributed by atoms with van der Waals surface area (Å²) in [5.41, 5.74) is 5.61. The number of halogens is 1. The molecule has 0 aliphatic heterocycles. The van der Waals surface area contributed by atoms with Crippen molar-refractivity contribution in [3.05, 3.63) is 35.0 Å². The van der Waals surface area contributed by atoms with Crippen molar-refractivity contribution in [2.24, 2.45) is 5.73 Å². The van der Waals surface area contributed by atoms with Gasteiger partial charge in [0.25, 0.3) is 5.91 Å². The van der Waals surface area contributed by atoms with E-state index in [0.29, 0.717) is 29.0 Å². The minimum atomic E-state index is -3.87. The largest absolute Gasteiger partial charge is 0.364 e. The lowest BCUT2D eigenvalue weighted by Crippen LogP contribution is -2.37. The monoisotopic (exact) mass is 329 g/mol. The molecule has 8 heteroatoms. The molecule has 2 rings (SSSR count). The van der Waals surface area contributed by atoms with E-state index in [4.69, 9.17) is 17.3 Å². The van der Waals surface area contributed by atoms with Crippen molar-refractivity contribution >= 4 is 38.6 Å². The molecule has 0 bridgehead atoms. The number of amides is 1. The Kier molecular flexibility index (Phi) is 4.27. The minimum Gasteiger partial charge on any atom is -0.364 e. The van der Waals surface area contributed by atoms with Crippen molar-refractivity contribution < 1.29 is 13.2 Å². The average Bonchev–Trinajstić information content (AvgIpc) is 2.79. The predicted octanol–water partition coefficient (Wildman–Crippen LogP) is 1.83. The number of benzene rings is 1. The summed E-state index contributed by atoms with van der Waals surface area (Å²) in [5.74, 6) is -0.807. The standard InChI is InChI=1S/C13H16ClN3O3S/c1-3-16(4-2)21(19,20)17-11-6-5-10(14)7-9(11)8-12(17)13(15)18/h5-8H,3-4H2,1-2H3,(H2,15,18). The topological polar surface area (TPSA) is 85.4 Å². The number of aromatic nitrogens is 1. The molecule has 0 aliphatic carbocycles. The Hall–Kier alpha value is -1.57. The van der Waals surface area contributed by atoms with E-state index in [2.05, 4.69) is 0 Å². The van der Waals surface area contributed by atoms with Gasteiger partial charge in [-0.15, -0.1) is 0 Å². The molecule has 0 saturated carbocycles. The Labute approximate surface area is 128 Å². The van der Waals surface area contributed by atoms with Crippen LogP contribution in [0.4, 0.5) is 0 Å². The molecule has 2 N–H and O–H groups in total. The lowest BCUT2D eigenvalue weighted by Gasteiger charge is -2.20. The third-order valence-electron chi connectivity index (χ3n) is 3.23. The van der Waals surface area contributed by atoms with Gasteiger partial charge < -0.3 is 5.73 Å². The van der Waals surface area contributed by atoms with Crippen molar-refractivity contribution in [1.82, 2.24) is 8.28 Å². The normalized spacial score (nSPS) is 12.2. The number of fused-ring (bicyclic) bond motifs is 1. The van der Waals surface area contributed by atoms with Crippen LogP contribution in [0.15, 0.2) is 24.3 Å². The van der Waals surface area contributed by atoms with Crippen molar-refractivity contribution in [3.63, 3.8) is 0 Å². The summed E-state index contributed by atoms with van der Waals surface area (Å²) in [6.07, 6.45) is 0. The van der Waals surface area contributed by atoms with Gasteiger partial charge in [-0.2, -0.15) is 12.7 Å². The summed E-state index contributed by atoms with van der Waals surface area (Å²) in [4.78, 5) is 11.6. The maximum absolute atomic E-state index is 12.7. The minimum absolute atomic E-state index is 0.0841. The van der Waals surface area contributed by atoms with Gasteiger partial charge in [0.1, 0.15) is 5.69 Å². The van der Waals surface area contributed by atoms with E-state index in [0.717, 1.165) is 3.97 Å². The molecule has 0 radical (unpaired) electrons. The predicted molar refractivity (Wildman–Crippen MR) is 82.7 cm³/mol. The van der Waals surface area contributed by atoms with Gasteiger partial charge in [-0.1, -0.05) is 25.4 Å². The van der Waals surface area contributed by atoms with Crippen LogP contribution in [0.5, 0.6) is 0 Å². The molecule has 2 aromatic rings. The maximum atomic E-state index is 12.7. The number of hydrogen-bond acceptors (Lipinski definition) is 3. The zero-order valence-corrected chi connectivity index (χ0v) is 13.3. The van der Waals surface area contributed by atoms with Gasteiger partial charge in [0.15, 0.2) is 0 Å². The second-order valence-electron chi connectivity index (χ2n) is 4.45. The summed E-state index contributed by atoms with van der Waals surface area (Å²) in [7, 11) is -3.87. The van der Waals surface area contributed by atoms with Gasteiger partial charge in [-0.05, 0) is 24.3 Å². The maximum Gasteiger partial charge on any atom is 0.308 e. The van der Waals surface area contributed by atoms with Crippen LogP contribution < -0.4 is 5.73 Å². The summed E-state index contributed by atoms with van der Waals surface area (Å²) in [5, 5.41) is 1.00. The SMILES string of the molecule is CCN(CC)S(=O)(=O)n1c(C(N)=O)cc2cc(Cl)ccc21. The van der Waals surface area contributed by atoms with Crippen LogP contribution in [0.3, 0.4) is 0 Å². The van der Waals surface area contributed by atoms with Crippen LogP contribution >= 0.6 is 11.6 Å². The third-order valence-corrected chi connectivity index (χ3v) is 5.49. The number of primary amides is 1.